The number of hydrogen-bond acceptors (Lipinski definition) is 3. The van der Waals surface area contributed by atoms with Crippen molar-refractivity contribution in [3.8, 4) is 11.5 Å². The third kappa shape index (κ3) is 3.53. The number of anilines is 1. The number of rotatable bonds is 4. The molecule has 0 atom stereocenters. The summed E-state index contributed by atoms with van der Waals surface area (Å²) in [5.74, 6) is 1.41. The Morgan fingerprint density at radius 1 is 1.32 bits per heavy atom. The maximum atomic E-state index is 11.9. The third-order valence-electron chi connectivity index (χ3n) is 2.99. The van der Waals surface area contributed by atoms with Gasteiger partial charge in [0.1, 0.15) is 13.2 Å². The normalized spacial score (nSPS) is 12.9. The maximum Gasteiger partial charge on any atom is 0.321 e. The van der Waals surface area contributed by atoms with Crippen LogP contribution in [-0.4, -0.2) is 37.7 Å². The zero-order valence-corrected chi connectivity index (χ0v) is 11.4. The second-order valence-corrected chi connectivity index (χ2v) is 4.56. The fraction of sp³-hybridized carbons (Fsp3) is 0.500. The fourth-order valence-electron chi connectivity index (χ4n) is 1.84. The van der Waals surface area contributed by atoms with Crippen molar-refractivity contribution in [2.24, 2.45) is 0 Å². The molecule has 0 aliphatic carbocycles. The van der Waals surface area contributed by atoms with E-state index in [1.807, 2.05) is 12.1 Å². The van der Waals surface area contributed by atoms with E-state index in [-0.39, 0.29) is 6.03 Å². The van der Waals surface area contributed by atoms with E-state index in [2.05, 4.69) is 12.2 Å². The predicted octanol–water partition coefficient (Wildman–Crippen LogP) is 2.72. The van der Waals surface area contributed by atoms with Crippen molar-refractivity contribution in [2.45, 2.75) is 19.8 Å². The smallest absolute Gasteiger partial charge is 0.321 e. The van der Waals surface area contributed by atoms with Crippen LogP contribution in [-0.2, 0) is 0 Å². The topological polar surface area (TPSA) is 50.8 Å². The van der Waals surface area contributed by atoms with Gasteiger partial charge in [-0.15, -0.1) is 0 Å². The molecule has 1 N–H and O–H groups in total. The van der Waals surface area contributed by atoms with Crippen molar-refractivity contribution in [3.05, 3.63) is 18.2 Å². The highest BCUT2D eigenvalue weighted by Crippen LogP contribution is 2.32. The first-order valence-corrected chi connectivity index (χ1v) is 6.62. The summed E-state index contributed by atoms with van der Waals surface area (Å²) in [6.45, 7) is 3.97. The molecule has 5 nitrogen and oxygen atoms in total. The molecule has 1 aliphatic rings. The molecular formula is C14H20N2O3. The second kappa shape index (κ2) is 6.31. The minimum absolute atomic E-state index is 0.106. The number of nitrogens with zero attached hydrogens (tertiary/aromatic N) is 1. The molecule has 0 spiro atoms. The Hall–Kier alpha value is -1.91. The summed E-state index contributed by atoms with van der Waals surface area (Å²) in [5, 5.41) is 2.85. The summed E-state index contributed by atoms with van der Waals surface area (Å²) >= 11 is 0. The van der Waals surface area contributed by atoms with E-state index in [1.54, 1.807) is 18.0 Å². The largest absolute Gasteiger partial charge is 0.486 e. The molecule has 5 heteroatoms. The Bertz CT molecular complexity index is 448. The number of fused-ring (bicyclic) bond motifs is 1. The SMILES string of the molecule is CCCCN(C)C(=O)Nc1ccc2c(c1)OCCO2. The van der Waals surface area contributed by atoms with Crippen LogP contribution in [0.4, 0.5) is 10.5 Å². The maximum absolute atomic E-state index is 11.9. The summed E-state index contributed by atoms with van der Waals surface area (Å²) in [7, 11) is 1.79. The average Bonchev–Trinajstić information content (AvgIpc) is 2.44. The van der Waals surface area contributed by atoms with Gasteiger partial charge in [-0.05, 0) is 18.6 Å². The van der Waals surface area contributed by atoms with Crippen molar-refractivity contribution in [1.29, 1.82) is 0 Å². The van der Waals surface area contributed by atoms with Crippen LogP contribution >= 0.6 is 0 Å². The first-order valence-electron chi connectivity index (χ1n) is 6.62. The van der Waals surface area contributed by atoms with Gasteiger partial charge in [0.25, 0.3) is 0 Å². The van der Waals surface area contributed by atoms with Crippen LogP contribution < -0.4 is 14.8 Å². The number of nitrogens with one attached hydrogen (secondary N) is 1. The number of amides is 2. The lowest BCUT2D eigenvalue weighted by atomic mass is 10.2. The lowest BCUT2D eigenvalue weighted by molar-refractivity contribution is 0.171. The Morgan fingerprint density at radius 2 is 2.05 bits per heavy atom. The van der Waals surface area contributed by atoms with E-state index < -0.39 is 0 Å². The minimum atomic E-state index is -0.106. The third-order valence-corrected chi connectivity index (χ3v) is 2.99. The van der Waals surface area contributed by atoms with Crippen molar-refractivity contribution in [2.75, 3.05) is 32.1 Å². The molecule has 0 radical (unpaired) electrons. The van der Waals surface area contributed by atoms with Crippen molar-refractivity contribution in [1.82, 2.24) is 4.90 Å². The molecule has 0 aromatic heterocycles. The number of unbranched alkanes of at least 4 members (excludes halogenated alkanes) is 1. The molecule has 19 heavy (non-hydrogen) atoms. The van der Waals surface area contributed by atoms with E-state index in [0.29, 0.717) is 19.0 Å². The summed E-state index contributed by atoms with van der Waals surface area (Å²) in [4.78, 5) is 13.6. The van der Waals surface area contributed by atoms with Crippen LogP contribution in [0, 0.1) is 0 Å². The van der Waals surface area contributed by atoms with Crippen LogP contribution in [0.1, 0.15) is 19.8 Å². The molecule has 1 aromatic rings. The Kier molecular flexibility index (Phi) is 4.49. The summed E-state index contributed by atoms with van der Waals surface area (Å²) < 4.78 is 10.9. The molecule has 104 valence electrons. The Labute approximate surface area is 113 Å². The van der Waals surface area contributed by atoms with Gasteiger partial charge in [0.2, 0.25) is 0 Å². The van der Waals surface area contributed by atoms with Gasteiger partial charge < -0.3 is 19.7 Å². The molecule has 0 saturated carbocycles. The van der Waals surface area contributed by atoms with Crippen LogP contribution in [0.25, 0.3) is 0 Å². The van der Waals surface area contributed by atoms with Crippen molar-refractivity contribution >= 4 is 11.7 Å². The van der Waals surface area contributed by atoms with Gasteiger partial charge in [0.15, 0.2) is 11.5 Å². The van der Waals surface area contributed by atoms with Crippen molar-refractivity contribution < 1.29 is 14.3 Å². The van der Waals surface area contributed by atoms with Crippen LogP contribution in [0.5, 0.6) is 11.5 Å². The van der Waals surface area contributed by atoms with Gasteiger partial charge >= 0.3 is 6.03 Å². The molecule has 1 heterocycles. The lowest BCUT2D eigenvalue weighted by Crippen LogP contribution is -2.32. The predicted molar refractivity (Wildman–Crippen MR) is 74.0 cm³/mol. The van der Waals surface area contributed by atoms with E-state index in [1.165, 1.54) is 0 Å². The lowest BCUT2D eigenvalue weighted by Gasteiger charge is -2.20. The van der Waals surface area contributed by atoms with Gasteiger partial charge in [-0.1, -0.05) is 13.3 Å². The highest BCUT2D eigenvalue weighted by Gasteiger charge is 2.13. The molecule has 0 bridgehead atoms. The van der Waals surface area contributed by atoms with E-state index >= 15 is 0 Å². The molecule has 0 unspecified atom stereocenters. The second-order valence-electron chi connectivity index (χ2n) is 4.56. The van der Waals surface area contributed by atoms with Gasteiger partial charge in [-0.25, -0.2) is 4.79 Å². The van der Waals surface area contributed by atoms with Crippen LogP contribution in [0.2, 0.25) is 0 Å². The van der Waals surface area contributed by atoms with E-state index in [9.17, 15) is 4.79 Å². The number of hydrogen-bond donors (Lipinski definition) is 1. The van der Waals surface area contributed by atoms with Gasteiger partial charge in [0.05, 0.1) is 0 Å². The molecule has 2 amide bonds. The fourth-order valence-corrected chi connectivity index (χ4v) is 1.84. The highest BCUT2D eigenvalue weighted by molar-refractivity contribution is 5.89. The minimum Gasteiger partial charge on any atom is -0.486 e. The Balaban J connectivity index is 1.97. The number of ether oxygens (including phenoxy) is 2. The van der Waals surface area contributed by atoms with Gasteiger partial charge in [0, 0.05) is 25.3 Å². The number of carbonyl (C=O) groups is 1. The van der Waals surface area contributed by atoms with Crippen LogP contribution in [0.3, 0.4) is 0 Å². The Morgan fingerprint density at radius 3 is 2.79 bits per heavy atom. The molecule has 2 rings (SSSR count). The molecule has 1 aliphatic heterocycles. The number of carbonyl (C=O) groups excluding carboxylic acids is 1. The van der Waals surface area contributed by atoms with Crippen molar-refractivity contribution in [3.63, 3.8) is 0 Å². The van der Waals surface area contributed by atoms with Crippen LogP contribution in [0.15, 0.2) is 18.2 Å². The highest BCUT2D eigenvalue weighted by atomic mass is 16.6. The average molecular weight is 264 g/mol. The summed E-state index contributed by atoms with van der Waals surface area (Å²) in [5.41, 5.74) is 0.720. The summed E-state index contributed by atoms with van der Waals surface area (Å²) in [6.07, 6.45) is 2.08. The zero-order valence-electron chi connectivity index (χ0n) is 11.4. The molecular weight excluding hydrogens is 244 g/mol. The standard InChI is InChI=1S/C14H20N2O3/c1-3-4-7-16(2)14(17)15-11-5-6-12-13(10-11)19-9-8-18-12/h5-6,10H,3-4,7-9H2,1-2H3,(H,15,17). The molecule has 1 aromatic carbocycles. The van der Waals surface area contributed by atoms with E-state index in [4.69, 9.17) is 9.47 Å². The molecule has 0 fully saturated rings. The number of urea groups is 1. The first-order chi connectivity index (χ1) is 9.20. The van der Waals surface area contributed by atoms with Gasteiger partial charge in [-0.3, -0.25) is 0 Å². The summed E-state index contributed by atoms with van der Waals surface area (Å²) in [6, 6.07) is 5.32. The first kappa shape index (κ1) is 13.5. The quantitative estimate of drug-likeness (QED) is 0.909. The monoisotopic (exact) mass is 264 g/mol. The van der Waals surface area contributed by atoms with Gasteiger partial charge in [-0.2, -0.15) is 0 Å². The number of benzene rings is 1. The zero-order chi connectivity index (χ0) is 13.7. The molecule has 0 saturated heterocycles. The van der Waals surface area contributed by atoms with E-state index in [0.717, 1.165) is 30.8 Å².